The van der Waals surface area contributed by atoms with Crippen molar-refractivity contribution in [1.29, 1.82) is 0 Å². The van der Waals surface area contributed by atoms with Gasteiger partial charge in [-0.15, -0.1) is 0 Å². The van der Waals surface area contributed by atoms with Gasteiger partial charge in [-0.25, -0.2) is 9.18 Å². The third kappa shape index (κ3) is 3.89. The first-order valence-corrected chi connectivity index (χ1v) is 8.80. The van der Waals surface area contributed by atoms with E-state index in [1.54, 1.807) is 6.07 Å². The highest BCUT2D eigenvalue weighted by atomic mass is 19.1. The van der Waals surface area contributed by atoms with Gasteiger partial charge in [-0.1, -0.05) is 0 Å². The van der Waals surface area contributed by atoms with Gasteiger partial charge >= 0.3 is 6.03 Å². The number of urea groups is 1. The van der Waals surface area contributed by atoms with Gasteiger partial charge in [0, 0.05) is 36.4 Å². The number of halogens is 1. The number of nitrogens with zero attached hydrogens (tertiary/aromatic N) is 1. The Hall–Kier alpha value is -3.02. The van der Waals surface area contributed by atoms with Crippen LogP contribution in [0.4, 0.5) is 20.6 Å². The first-order chi connectivity index (χ1) is 12.8. The Balaban J connectivity index is 1.74. The largest absolute Gasteiger partial charge is 0.459 e. The summed E-state index contributed by atoms with van der Waals surface area (Å²) < 4.78 is 19.3. The number of furan rings is 1. The molecule has 3 aromatic rings. The zero-order valence-electron chi connectivity index (χ0n) is 16.2. The molecule has 1 unspecified atom stereocenters. The van der Waals surface area contributed by atoms with Crippen molar-refractivity contribution in [2.45, 2.75) is 26.8 Å². The maximum Gasteiger partial charge on any atom is 0.319 e. The predicted octanol–water partition coefficient (Wildman–Crippen LogP) is 5.14. The second-order valence-corrected chi connectivity index (χ2v) is 6.95. The lowest BCUT2D eigenvalue weighted by molar-refractivity contribution is 0.248. The second kappa shape index (κ2) is 7.31. The fraction of sp³-hybridized carbons (Fsp3) is 0.286. The highest BCUT2D eigenvalue weighted by Gasteiger charge is 2.19. The number of aryl methyl sites for hydroxylation is 2. The lowest BCUT2D eigenvalue weighted by atomic mass is 10.1. The first kappa shape index (κ1) is 18.8. The molecule has 0 aliphatic carbocycles. The van der Waals surface area contributed by atoms with Crippen LogP contribution in [0.5, 0.6) is 0 Å². The Kier molecular flexibility index (Phi) is 5.08. The van der Waals surface area contributed by atoms with Crippen LogP contribution in [-0.2, 0) is 0 Å². The van der Waals surface area contributed by atoms with Gasteiger partial charge in [0.25, 0.3) is 0 Å². The Morgan fingerprint density at radius 2 is 1.89 bits per heavy atom. The van der Waals surface area contributed by atoms with Crippen molar-refractivity contribution in [1.82, 2.24) is 5.32 Å². The number of hydrogen-bond donors (Lipinski definition) is 2. The van der Waals surface area contributed by atoms with Crippen molar-refractivity contribution in [3.63, 3.8) is 0 Å². The van der Waals surface area contributed by atoms with Crippen LogP contribution in [-0.4, -0.2) is 20.1 Å². The van der Waals surface area contributed by atoms with E-state index in [0.29, 0.717) is 16.7 Å². The van der Waals surface area contributed by atoms with Crippen LogP contribution in [0.2, 0.25) is 0 Å². The van der Waals surface area contributed by atoms with Gasteiger partial charge in [-0.05, 0) is 62.7 Å². The molecule has 1 heterocycles. The van der Waals surface area contributed by atoms with Crippen molar-refractivity contribution in [2.75, 3.05) is 24.3 Å². The summed E-state index contributed by atoms with van der Waals surface area (Å²) >= 11 is 0. The molecule has 0 radical (unpaired) electrons. The topological polar surface area (TPSA) is 57.5 Å². The average Bonchev–Trinajstić information content (AvgIpc) is 2.93. The van der Waals surface area contributed by atoms with E-state index >= 15 is 0 Å². The molecule has 0 aliphatic rings. The van der Waals surface area contributed by atoms with E-state index in [-0.39, 0.29) is 17.9 Å². The Morgan fingerprint density at radius 3 is 2.56 bits per heavy atom. The standard InChI is InChI=1S/C21H24FN3O2/c1-12-10-16(25(4)5)7-8-18(12)24-21(26)23-14(3)20-13(2)17-11-15(22)6-9-19(17)27-20/h6-11,14H,1-5H3,(H2,23,24,26). The second-order valence-electron chi connectivity index (χ2n) is 6.95. The monoisotopic (exact) mass is 369 g/mol. The number of fused-ring (bicyclic) bond motifs is 1. The van der Waals surface area contributed by atoms with E-state index < -0.39 is 0 Å². The molecular weight excluding hydrogens is 345 g/mol. The van der Waals surface area contributed by atoms with Crippen LogP contribution < -0.4 is 15.5 Å². The summed E-state index contributed by atoms with van der Waals surface area (Å²) in [6.45, 7) is 5.65. The molecule has 6 heteroatoms. The fourth-order valence-corrected chi connectivity index (χ4v) is 3.11. The van der Waals surface area contributed by atoms with Crippen molar-refractivity contribution in [3.05, 3.63) is 59.1 Å². The molecule has 2 amide bonds. The minimum Gasteiger partial charge on any atom is -0.459 e. The van der Waals surface area contributed by atoms with E-state index in [2.05, 4.69) is 10.6 Å². The van der Waals surface area contributed by atoms with Crippen molar-refractivity contribution in [3.8, 4) is 0 Å². The number of rotatable bonds is 4. The van der Waals surface area contributed by atoms with E-state index in [1.807, 2.05) is 58.0 Å². The Bertz CT molecular complexity index is 995. The highest BCUT2D eigenvalue weighted by molar-refractivity contribution is 5.91. The number of nitrogens with one attached hydrogen (secondary N) is 2. The molecule has 0 saturated heterocycles. The maximum atomic E-state index is 13.5. The number of carbonyl (C=O) groups excluding carboxylic acids is 1. The Morgan fingerprint density at radius 1 is 1.15 bits per heavy atom. The van der Waals surface area contributed by atoms with Crippen LogP contribution in [0, 0.1) is 19.7 Å². The van der Waals surface area contributed by atoms with Gasteiger partial charge in [-0.2, -0.15) is 0 Å². The molecule has 0 aliphatic heterocycles. The molecule has 0 fully saturated rings. The molecular formula is C21H24FN3O2. The van der Waals surface area contributed by atoms with Crippen LogP contribution in [0.15, 0.2) is 40.8 Å². The third-order valence-electron chi connectivity index (χ3n) is 4.65. The summed E-state index contributed by atoms with van der Waals surface area (Å²) in [5.41, 5.74) is 4.21. The summed E-state index contributed by atoms with van der Waals surface area (Å²) in [7, 11) is 3.94. The fourth-order valence-electron chi connectivity index (χ4n) is 3.11. The van der Waals surface area contributed by atoms with Gasteiger partial charge in [0.1, 0.15) is 17.2 Å². The van der Waals surface area contributed by atoms with Crippen molar-refractivity contribution in [2.24, 2.45) is 0 Å². The van der Waals surface area contributed by atoms with E-state index in [1.165, 1.54) is 12.1 Å². The van der Waals surface area contributed by atoms with Gasteiger partial charge in [0.15, 0.2) is 0 Å². The number of carbonyl (C=O) groups is 1. The summed E-state index contributed by atoms with van der Waals surface area (Å²) in [5.74, 6) is 0.304. The van der Waals surface area contributed by atoms with E-state index in [4.69, 9.17) is 4.42 Å². The van der Waals surface area contributed by atoms with Gasteiger partial charge in [0.2, 0.25) is 0 Å². The van der Waals surface area contributed by atoms with Crippen LogP contribution in [0.25, 0.3) is 11.0 Å². The molecule has 0 bridgehead atoms. The molecule has 1 aromatic heterocycles. The normalized spacial score (nSPS) is 12.1. The molecule has 0 spiro atoms. The zero-order chi connectivity index (χ0) is 19.7. The molecule has 27 heavy (non-hydrogen) atoms. The van der Waals surface area contributed by atoms with Crippen LogP contribution >= 0.6 is 0 Å². The molecule has 1 atom stereocenters. The summed E-state index contributed by atoms with van der Waals surface area (Å²) in [4.78, 5) is 14.4. The lowest BCUT2D eigenvalue weighted by Crippen LogP contribution is -2.31. The average molecular weight is 369 g/mol. The minimum absolute atomic E-state index is 0.312. The molecule has 142 valence electrons. The molecule has 5 nitrogen and oxygen atoms in total. The van der Waals surface area contributed by atoms with Crippen LogP contribution in [0.1, 0.15) is 29.9 Å². The van der Waals surface area contributed by atoms with Crippen molar-refractivity contribution >= 4 is 28.4 Å². The SMILES string of the molecule is Cc1cc(N(C)C)ccc1NC(=O)NC(C)c1oc2ccc(F)cc2c1C. The van der Waals surface area contributed by atoms with Gasteiger partial charge in [0.05, 0.1) is 6.04 Å². The Labute approximate surface area is 158 Å². The first-order valence-electron chi connectivity index (χ1n) is 8.80. The minimum atomic E-state index is -0.359. The van der Waals surface area contributed by atoms with Crippen LogP contribution in [0.3, 0.4) is 0 Å². The summed E-state index contributed by atoms with van der Waals surface area (Å²) in [6.07, 6.45) is 0. The highest BCUT2D eigenvalue weighted by Crippen LogP contribution is 2.30. The predicted molar refractivity (Wildman–Crippen MR) is 107 cm³/mol. The number of benzene rings is 2. The molecule has 3 rings (SSSR count). The number of hydrogen-bond acceptors (Lipinski definition) is 3. The molecule has 2 aromatic carbocycles. The summed E-state index contributed by atoms with van der Waals surface area (Å²) in [6, 6.07) is 9.56. The van der Waals surface area contributed by atoms with Gasteiger partial charge < -0.3 is 20.0 Å². The molecule has 0 saturated carbocycles. The number of anilines is 2. The maximum absolute atomic E-state index is 13.5. The van der Waals surface area contributed by atoms with E-state index in [0.717, 1.165) is 22.5 Å². The summed E-state index contributed by atoms with van der Waals surface area (Å²) in [5, 5.41) is 6.46. The molecule has 2 N–H and O–H groups in total. The third-order valence-corrected chi connectivity index (χ3v) is 4.65. The smallest absolute Gasteiger partial charge is 0.319 e. The number of amides is 2. The lowest BCUT2D eigenvalue weighted by Gasteiger charge is -2.17. The quantitative estimate of drug-likeness (QED) is 0.670. The zero-order valence-corrected chi connectivity index (χ0v) is 16.2. The van der Waals surface area contributed by atoms with Gasteiger partial charge in [-0.3, -0.25) is 0 Å². The van der Waals surface area contributed by atoms with E-state index in [9.17, 15) is 9.18 Å². The van der Waals surface area contributed by atoms with Crippen molar-refractivity contribution < 1.29 is 13.6 Å².